The number of benzene rings is 1. The van der Waals surface area contributed by atoms with Crippen LogP contribution in [-0.2, 0) is 4.79 Å². The molecule has 6 nitrogen and oxygen atoms in total. The van der Waals surface area contributed by atoms with Crippen molar-refractivity contribution in [2.75, 3.05) is 0 Å². The molecule has 8 heteroatoms. The number of nitro groups is 1. The molecule has 1 unspecified atom stereocenters. The lowest BCUT2D eigenvalue weighted by Crippen LogP contribution is -2.46. The number of carboxylic acids is 1. The maximum absolute atomic E-state index is 11.7. The summed E-state index contributed by atoms with van der Waals surface area (Å²) in [7, 11) is 0. The van der Waals surface area contributed by atoms with E-state index in [2.05, 4.69) is 0 Å². The number of hydrogen-bond acceptors (Lipinski definition) is 6. The smallest absolute Gasteiger partial charge is 0.323 e. The van der Waals surface area contributed by atoms with E-state index in [0.29, 0.717) is 0 Å². The van der Waals surface area contributed by atoms with Crippen molar-refractivity contribution in [1.82, 2.24) is 4.31 Å². The summed E-state index contributed by atoms with van der Waals surface area (Å²) in [4.78, 5) is 22.4. The number of carboxylic acid groups (broad SMARTS) is 1. The predicted octanol–water partition coefficient (Wildman–Crippen LogP) is 3.62. The first-order chi connectivity index (χ1) is 10.0. The topological polar surface area (TPSA) is 83.7 Å². The molecule has 1 aromatic carbocycles. The molecule has 0 aromatic heterocycles. The highest BCUT2D eigenvalue weighted by Crippen LogP contribution is 2.54. The molecule has 22 heavy (non-hydrogen) atoms. The molecule has 0 aliphatic carbocycles. The molecule has 1 saturated heterocycles. The van der Waals surface area contributed by atoms with Crippen LogP contribution in [-0.4, -0.2) is 36.0 Å². The lowest BCUT2D eigenvalue weighted by atomic mass is 10.0. The van der Waals surface area contributed by atoms with Crippen LogP contribution < -0.4 is 0 Å². The van der Waals surface area contributed by atoms with Crippen LogP contribution in [0.15, 0.2) is 29.2 Å². The SMILES string of the molecule is CC1(C)SC(C)(C)N(Sc2ccc([N+](=O)[O-])cc2)C1C(=O)O. The van der Waals surface area contributed by atoms with Gasteiger partial charge in [0.2, 0.25) is 0 Å². The molecule has 0 saturated carbocycles. The summed E-state index contributed by atoms with van der Waals surface area (Å²) in [5, 5.41) is 20.3. The monoisotopic (exact) mass is 342 g/mol. The van der Waals surface area contributed by atoms with E-state index in [1.165, 1.54) is 24.1 Å². The Balaban J connectivity index is 2.29. The highest BCUT2D eigenvalue weighted by molar-refractivity contribution is 8.04. The standard InChI is InChI=1S/C14H18N2O4S2/c1-13(2)11(12(17)18)15(14(3,4)22-13)21-10-7-5-9(6-8-10)16(19)20/h5-8,11H,1-4H3,(H,17,18). The van der Waals surface area contributed by atoms with Crippen LogP contribution >= 0.6 is 23.7 Å². The fourth-order valence-corrected chi connectivity index (χ4v) is 5.90. The summed E-state index contributed by atoms with van der Waals surface area (Å²) < 4.78 is 1.43. The molecule has 0 amide bonds. The third-order valence-corrected chi connectivity index (χ3v) is 6.33. The van der Waals surface area contributed by atoms with Crippen molar-refractivity contribution in [3.63, 3.8) is 0 Å². The van der Waals surface area contributed by atoms with Gasteiger partial charge in [-0.05, 0) is 51.8 Å². The number of nitrogens with zero attached hydrogens (tertiary/aromatic N) is 2. The van der Waals surface area contributed by atoms with Gasteiger partial charge in [0, 0.05) is 21.8 Å². The number of carbonyl (C=O) groups is 1. The molecule has 1 aliphatic heterocycles. The molecular weight excluding hydrogens is 324 g/mol. The van der Waals surface area contributed by atoms with Gasteiger partial charge in [0.1, 0.15) is 6.04 Å². The summed E-state index contributed by atoms with van der Waals surface area (Å²) >= 11 is 2.94. The Morgan fingerprint density at radius 3 is 2.32 bits per heavy atom. The van der Waals surface area contributed by atoms with E-state index in [-0.39, 0.29) is 10.6 Å². The highest BCUT2D eigenvalue weighted by Gasteiger charge is 2.55. The minimum absolute atomic E-state index is 0.0227. The summed E-state index contributed by atoms with van der Waals surface area (Å²) in [6.45, 7) is 7.82. The van der Waals surface area contributed by atoms with Crippen molar-refractivity contribution in [2.24, 2.45) is 0 Å². The number of hydrogen-bond donors (Lipinski definition) is 1. The molecule has 1 atom stereocenters. The highest BCUT2D eigenvalue weighted by atomic mass is 32.2. The predicted molar refractivity (Wildman–Crippen MR) is 88.0 cm³/mol. The van der Waals surface area contributed by atoms with Gasteiger partial charge >= 0.3 is 5.97 Å². The summed E-state index contributed by atoms with van der Waals surface area (Å²) in [6.07, 6.45) is 0. The van der Waals surface area contributed by atoms with Crippen molar-refractivity contribution in [2.45, 2.75) is 48.3 Å². The van der Waals surface area contributed by atoms with Gasteiger partial charge in [-0.15, -0.1) is 11.8 Å². The first-order valence-electron chi connectivity index (χ1n) is 6.69. The quantitative estimate of drug-likeness (QED) is 0.508. The van der Waals surface area contributed by atoms with Gasteiger partial charge in [-0.2, -0.15) is 0 Å². The first-order valence-corrected chi connectivity index (χ1v) is 8.28. The van der Waals surface area contributed by atoms with Crippen LogP contribution in [0.25, 0.3) is 0 Å². The van der Waals surface area contributed by atoms with E-state index >= 15 is 0 Å². The third kappa shape index (κ3) is 3.23. The Hall–Kier alpha value is -1.25. The second-order valence-electron chi connectivity index (χ2n) is 6.06. The molecule has 2 rings (SSSR count). The molecule has 1 aliphatic rings. The van der Waals surface area contributed by atoms with Crippen LogP contribution in [0, 0.1) is 10.1 Å². The normalized spacial score (nSPS) is 23.4. The lowest BCUT2D eigenvalue weighted by molar-refractivity contribution is -0.384. The minimum atomic E-state index is -0.863. The summed E-state index contributed by atoms with van der Waals surface area (Å²) in [6, 6.07) is 5.51. The van der Waals surface area contributed by atoms with Gasteiger partial charge in [-0.3, -0.25) is 14.9 Å². The summed E-state index contributed by atoms with van der Waals surface area (Å²) in [5.41, 5.74) is 0.0227. The van der Waals surface area contributed by atoms with E-state index in [4.69, 9.17) is 0 Å². The van der Waals surface area contributed by atoms with Gasteiger partial charge in [0.05, 0.1) is 9.79 Å². The Morgan fingerprint density at radius 1 is 1.32 bits per heavy atom. The average Bonchev–Trinajstić information content (AvgIpc) is 2.54. The second-order valence-corrected chi connectivity index (χ2v) is 9.36. The largest absolute Gasteiger partial charge is 0.480 e. The fraction of sp³-hybridized carbons (Fsp3) is 0.500. The van der Waals surface area contributed by atoms with Gasteiger partial charge in [0.15, 0.2) is 0 Å². The lowest BCUT2D eigenvalue weighted by Gasteiger charge is -2.31. The van der Waals surface area contributed by atoms with Crippen molar-refractivity contribution in [3.05, 3.63) is 34.4 Å². The number of rotatable bonds is 4. The maximum Gasteiger partial charge on any atom is 0.323 e. The number of thioether (sulfide) groups is 1. The van der Waals surface area contributed by atoms with Crippen LogP contribution in [0.1, 0.15) is 27.7 Å². The number of aliphatic carboxylic acids is 1. The van der Waals surface area contributed by atoms with Gasteiger partial charge in [0.25, 0.3) is 5.69 Å². The van der Waals surface area contributed by atoms with Crippen molar-refractivity contribution in [3.8, 4) is 0 Å². The van der Waals surface area contributed by atoms with Crippen LogP contribution in [0.5, 0.6) is 0 Å². The van der Waals surface area contributed by atoms with Crippen LogP contribution in [0.2, 0.25) is 0 Å². The van der Waals surface area contributed by atoms with E-state index in [1.807, 2.05) is 32.0 Å². The van der Waals surface area contributed by atoms with Crippen molar-refractivity contribution in [1.29, 1.82) is 0 Å². The molecular formula is C14H18N2O4S2. The zero-order valence-corrected chi connectivity index (χ0v) is 14.4. The van der Waals surface area contributed by atoms with Gasteiger partial charge < -0.3 is 5.11 Å². The van der Waals surface area contributed by atoms with E-state index in [1.54, 1.807) is 23.9 Å². The van der Waals surface area contributed by atoms with Gasteiger partial charge in [-0.25, -0.2) is 4.31 Å². The van der Waals surface area contributed by atoms with Crippen molar-refractivity contribution >= 4 is 35.4 Å². The third-order valence-electron chi connectivity index (χ3n) is 3.42. The minimum Gasteiger partial charge on any atom is -0.480 e. The molecule has 1 aromatic rings. The molecule has 120 valence electrons. The van der Waals surface area contributed by atoms with Crippen LogP contribution in [0.3, 0.4) is 0 Å². The van der Waals surface area contributed by atoms with Gasteiger partial charge in [-0.1, -0.05) is 0 Å². The van der Waals surface area contributed by atoms with E-state index in [0.717, 1.165) is 4.90 Å². The summed E-state index contributed by atoms with van der Waals surface area (Å²) in [5.74, 6) is -0.863. The first kappa shape index (κ1) is 17.1. The second kappa shape index (κ2) is 5.75. The molecule has 1 heterocycles. The van der Waals surface area contributed by atoms with Crippen LogP contribution in [0.4, 0.5) is 5.69 Å². The maximum atomic E-state index is 11.7. The fourth-order valence-electron chi connectivity index (χ4n) is 2.64. The van der Waals surface area contributed by atoms with E-state index < -0.39 is 21.7 Å². The molecule has 1 N–H and O–H groups in total. The Labute approximate surface area is 137 Å². The zero-order chi connectivity index (χ0) is 16.7. The number of non-ortho nitro benzene ring substituents is 1. The molecule has 0 spiro atoms. The number of nitro benzene ring substituents is 1. The Morgan fingerprint density at radius 2 is 1.86 bits per heavy atom. The molecule has 0 radical (unpaired) electrons. The Kier molecular flexibility index (Phi) is 4.47. The average molecular weight is 342 g/mol. The Bertz CT molecular complexity index is 601. The zero-order valence-electron chi connectivity index (χ0n) is 12.8. The van der Waals surface area contributed by atoms with Crippen molar-refractivity contribution < 1.29 is 14.8 Å². The van der Waals surface area contributed by atoms with E-state index in [9.17, 15) is 20.0 Å². The molecule has 0 bridgehead atoms. The molecule has 1 fully saturated rings.